The largest absolute Gasteiger partial charge is 0.291 e. The summed E-state index contributed by atoms with van der Waals surface area (Å²) in [5.74, 6) is 0.247. The van der Waals surface area contributed by atoms with Gasteiger partial charge in [0.2, 0.25) is 0 Å². The first kappa shape index (κ1) is 13.1. The molecule has 1 amide bonds. The molecule has 1 aromatic carbocycles. The third kappa shape index (κ3) is 3.14. The van der Waals surface area contributed by atoms with Crippen LogP contribution in [0.2, 0.25) is 0 Å². The molecular weight excluding hydrogens is 320 g/mol. The summed E-state index contributed by atoms with van der Waals surface area (Å²) in [4.78, 5) is 11.8. The lowest BCUT2D eigenvalue weighted by Crippen LogP contribution is -2.18. The summed E-state index contributed by atoms with van der Waals surface area (Å²) < 4.78 is 1.00. The van der Waals surface area contributed by atoms with E-state index < -0.39 is 0 Å². The van der Waals surface area contributed by atoms with Crippen LogP contribution in [0.15, 0.2) is 39.9 Å². The normalized spacial score (nSPS) is 14.7. The number of rotatable bonds is 4. The van der Waals surface area contributed by atoms with E-state index >= 15 is 0 Å². The number of carbonyl (C=O) groups is 1. The molecule has 0 radical (unpaired) electrons. The van der Waals surface area contributed by atoms with Gasteiger partial charge in [0.05, 0.1) is 6.21 Å². The van der Waals surface area contributed by atoms with Crippen molar-refractivity contribution in [1.82, 2.24) is 15.6 Å². The summed E-state index contributed by atoms with van der Waals surface area (Å²) in [7, 11) is 0. The van der Waals surface area contributed by atoms with Crippen molar-refractivity contribution in [2.75, 3.05) is 0 Å². The molecule has 5 nitrogen and oxygen atoms in total. The highest BCUT2D eigenvalue weighted by Gasteiger charge is 2.26. The first-order chi connectivity index (χ1) is 9.72. The van der Waals surface area contributed by atoms with Crippen LogP contribution >= 0.6 is 15.9 Å². The second-order valence-electron chi connectivity index (χ2n) is 4.73. The van der Waals surface area contributed by atoms with Crippen LogP contribution in [0, 0.1) is 0 Å². The van der Waals surface area contributed by atoms with Gasteiger partial charge in [0.15, 0.2) is 5.69 Å². The molecule has 2 N–H and O–H groups in total. The van der Waals surface area contributed by atoms with Crippen molar-refractivity contribution >= 4 is 28.1 Å². The van der Waals surface area contributed by atoms with Crippen molar-refractivity contribution in [2.45, 2.75) is 18.8 Å². The van der Waals surface area contributed by atoms with Gasteiger partial charge in [-0.1, -0.05) is 28.1 Å². The van der Waals surface area contributed by atoms with E-state index in [0.717, 1.165) is 15.7 Å². The molecule has 0 unspecified atom stereocenters. The number of H-pyrrole nitrogens is 1. The fraction of sp³-hybridized carbons (Fsp3) is 0.214. The van der Waals surface area contributed by atoms with Crippen LogP contribution in [0.25, 0.3) is 0 Å². The van der Waals surface area contributed by atoms with Gasteiger partial charge in [-0.15, -0.1) is 0 Å². The van der Waals surface area contributed by atoms with Crippen LogP contribution in [0.1, 0.15) is 40.5 Å². The molecule has 0 bridgehead atoms. The predicted octanol–water partition coefficient (Wildman–Crippen LogP) is 2.81. The van der Waals surface area contributed by atoms with Crippen LogP contribution in [0.3, 0.4) is 0 Å². The van der Waals surface area contributed by atoms with Crippen molar-refractivity contribution in [3.05, 3.63) is 51.8 Å². The van der Waals surface area contributed by atoms with Gasteiger partial charge in [0.25, 0.3) is 5.91 Å². The molecule has 1 saturated carbocycles. The molecule has 1 fully saturated rings. The Morgan fingerprint density at radius 1 is 1.40 bits per heavy atom. The van der Waals surface area contributed by atoms with E-state index in [-0.39, 0.29) is 5.91 Å². The average Bonchev–Trinajstić information content (AvgIpc) is 3.18. The molecule has 20 heavy (non-hydrogen) atoms. The lowest BCUT2D eigenvalue weighted by atomic mass is 10.2. The van der Waals surface area contributed by atoms with Gasteiger partial charge in [0, 0.05) is 16.1 Å². The van der Waals surface area contributed by atoms with E-state index in [1.54, 1.807) is 12.3 Å². The summed E-state index contributed by atoms with van der Waals surface area (Å²) in [6.07, 6.45) is 3.94. The summed E-state index contributed by atoms with van der Waals surface area (Å²) in [6, 6.07) is 9.43. The molecule has 0 spiro atoms. The number of nitrogens with one attached hydrogen (secondary N) is 2. The van der Waals surface area contributed by atoms with E-state index in [4.69, 9.17) is 0 Å². The van der Waals surface area contributed by atoms with Crippen LogP contribution in [-0.4, -0.2) is 22.3 Å². The van der Waals surface area contributed by atoms with Gasteiger partial charge in [-0.3, -0.25) is 9.89 Å². The zero-order valence-corrected chi connectivity index (χ0v) is 12.2. The highest BCUT2D eigenvalue weighted by Crippen LogP contribution is 2.38. The molecule has 102 valence electrons. The van der Waals surface area contributed by atoms with Crippen molar-refractivity contribution in [3.63, 3.8) is 0 Å². The summed E-state index contributed by atoms with van der Waals surface area (Å²) >= 11 is 3.36. The van der Waals surface area contributed by atoms with E-state index in [1.807, 2.05) is 24.3 Å². The monoisotopic (exact) mass is 332 g/mol. The Bertz CT molecular complexity index is 643. The maximum absolute atomic E-state index is 11.8. The smallest absolute Gasteiger partial charge is 0.281 e. The van der Waals surface area contributed by atoms with E-state index in [0.29, 0.717) is 11.6 Å². The first-order valence-electron chi connectivity index (χ1n) is 6.36. The number of benzene rings is 1. The Morgan fingerprint density at radius 3 is 2.85 bits per heavy atom. The average molecular weight is 333 g/mol. The van der Waals surface area contributed by atoms with Crippen molar-refractivity contribution in [1.29, 1.82) is 0 Å². The standard InChI is InChI=1S/C14H13BrN4O/c15-11-5-1-9(2-6-11)8-16-19-14(20)13-7-12(17-18-13)10-3-4-10/h1-2,5-8,10H,3-4H2,(H,17,18)(H,19,20). The van der Waals surface area contributed by atoms with Crippen molar-refractivity contribution in [2.24, 2.45) is 5.10 Å². The van der Waals surface area contributed by atoms with Gasteiger partial charge in [0.1, 0.15) is 0 Å². The number of hydrogen-bond donors (Lipinski definition) is 2. The molecule has 1 aliphatic rings. The molecule has 0 saturated heterocycles. The minimum atomic E-state index is -0.304. The molecule has 1 aliphatic carbocycles. The molecule has 1 heterocycles. The predicted molar refractivity (Wildman–Crippen MR) is 79.8 cm³/mol. The van der Waals surface area contributed by atoms with Gasteiger partial charge in [-0.2, -0.15) is 10.2 Å². The van der Waals surface area contributed by atoms with Crippen LogP contribution in [0.5, 0.6) is 0 Å². The molecule has 6 heteroatoms. The minimum Gasteiger partial charge on any atom is -0.281 e. The van der Waals surface area contributed by atoms with Gasteiger partial charge < -0.3 is 0 Å². The maximum Gasteiger partial charge on any atom is 0.291 e. The summed E-state index contributed by atoms with van der Waals surface area (Å²) in [5.41, 5.74) is 4.79. The fourth-order valence-electron chi connectivity index (χ4n) is 1.83. The quantitative estimate of drug-likeness (QED) is 0.667. The Hall–Kier alpha value is -1.95. The Balaban J connectivity index is 1.59. The number of aromatic nitrogens is 2. The second-order valence-corrected chi connectivity index (χ2v) is 5.65. The zero-order chi connectivity index (χ0) is 13.9. The minimum absolute atomic E-state index is 0.304. The second kappa shape index (κ2) is 5.58. The highest BCUT2D eigenvalue weighted by molar-refractivity contribution is 9.10. The molecule has 3 rings (SSSR count). The topological polar surface area (TPSA) is 70.1 Å². The van der Waals surface area contributed by atoms with Crippen LogP contribution < -0.4 is 5.43 Å². The Labute approximate surface area is 124 Å². The maximum atomic E-state index is 11.8. The number of hydrazone groups is 1. The van der Waals surface area contributed by atoms with Crippen molar-refractivity contribution in [3.8, 4) is 0 Å². The third-order valence-electron chi connectivity index (χ3n) is 3.10. The van der Waals surface area contributed by atoms with Gasteiger partial charge in [-0.05, 0) is 36.6 Å². The van der Waals surface area contributed by atoms with Crippen LogP contribution in [-0.2, 0) is 0 Å². The lowest BCUT2D eigenvalue weighted by Gasteiger charge is -1.95. The zero-order valence-electron chi connectivity index (χ0n) is 10.6. The Morgan fingerprint density at radius 2 is 2.15 bits per heavy atom. The van der Waals surface area contributed by atoms with Crippen molar-refractivity contribution < 1.29 is 4.79 Å². The number of aromatic amines is 1. The van der Waals surface area contributed by atoms with Gasteiger partial charge >= 0.3 is 0 Å². The summed E-state index contributed by atoms with van der Waals surface area (Å²) in [6.45, 7) is 0. The SMILES string of the molecule is O=C(NN=Cc1ccc(Br)cc1)c1cc(C2CC2)[nH]n1. The lowest BCUT2D eigenvalue weighted by molar-refractivity contribution is 0.0950. The van der Waals surface area contributed by atoms with Gasteiger partial charge in [-0.25, -0.2) is 5.43 Å². The van der Waals surface area contributed by atoms with E-state index in [2.05, 4.69) is 36.7 Å². The highest BCUT2D eigenvalue weighted by atomic mass is 79.9. The fourth-order valence-corrected chi connectivity index (χ4v) is 2.09. The van der Waals surface area contributed by atoms with Crippen LogP contribution in [0.4, 0.5) is 0 Å². The number of carbonyl (C=O) groups excluding carboxylic acids is 1. The van der Waals surface area contributed by atoms with E-state index in [1.165, 1.54) is 12.8 Å². The Kier molecular flexibility index (Phi) is 3.64. The molecule has 1 aromatic heterocycles. The number of halogens is 1. The molecule has 0 atom stereocenters. The number of hydrogen-bond acceptors (Lipinski definition) is 3. The molecular formula is C14H13BrN4O. The molecule has 2 aromatic rings. The first-order valence-corrected chi connectivity index (χ1v) is 7.16. The summed E-state index contributed by atoms with van der Waals surface area (Å²) in [5, 5.41) is 10.8. The third-order valence-corrected chi connectivity index (χ3v) is 3.63. The number of nitrogens with zero attached hydrogens (tertiary/aromatic N) is 2. The van der Waals surface area contributed by atoms with E-state index in [9.17, 15) is 4.79 Å². The molecule has 0 aliphatic heterocycles. The number of amides is 1.